The van der Waals surface area contributed by atoms with E-state index in [0.717, 1.165) is 11.5 Å². The minimum absolute atomic E-state index is 0.00698. The maximum Gasteiger partial charge on any atom is 0.217 e. The van der Waals surface area contributed by atoms with Gasteiger partial charge in [0.05, 0.1) is 6.04 Å². The van der Waals surface area contributed by atoms with Crippen LogP contribution in [0.1, 0.15) is 22.6 Å². The van der Waals surface area contributed by atoms with Crippen LogP contribution < -0.4 is 15.9 Å². The summed E-state index contributed by atoms with van der Waals surface area (Å²) in [5.74, 6) is 0.883. The molecular formula is C34H28NOP. The maximum atomic E-state index is 6.40. The van der Waals surface area contributed by atoms with E-state index in [9.17, 15) is 0 Å². The van der Waals surface area contributed by atoms with Crippen LogP contribution >= 0.6 is 7.92 Å². The molecule has 0 spiro atoms. The van der Waals surface area contributed by atoms with Crippen molar-refractivity contribution in [1.29, 1.82) is 0 Å². The Kier molecular flexibility index (Phi) is 6.92. The Morgan fingerprint density at radius 3 is 1.57 bits per heavy atom. The Morgan fingerprint density at radius 2 is 1.03 bits per heavy atom. The van der Waals surface area contributed by atoms with Crippen LogP contribution in [0.3, 0.4) is 0 Å². The molecule has 180 valence electrons. The third-order valence-electron chi connectivity index (χ3n) is 6.78. The molecule has 0 aliphatic carbocycles. The number of nitrogens with zero attached hydrogens (tertiary/aromatic N) is 1. The molecule has 3 heteroatoms. The molecule has 0 bridgehead atoms. The molecule has 0 fully saturated rings. The Morgan fingerprint density at radius 1 is 0.568 bits per heavy atom. The molecule has 0 radical (unpaired) electrons. The van der Waals surface area contributed by atoms with Crippen molar-refractivity contribution < 1.29 is 4.74 Å². The molecule has 1 atom stereocenters. The van der Waals surface area contributed by atoms with E-state index in [1.54, 1.807) is 0 Å². The predicted octanol–water partition coefficient (Wildman–Crippen LogP) is 6.42. The minimum atomic E-state index is -0.761. The summed E-state index contributed by atoms with van der Waals surface area (Å²) in [5, 5.41) is 3.90. The fourth-order valence-electron chi connectivity index (χ4n) is 5.10. The Hall–Kier alpha value is -4.00. The molecule has 6 rings (SSSR count). The Balaban J connectivity index is 1.43. The zero-order valence-electron chi connectivity index (χ0n) is 20.5. The molecule has 37 heavy (non-hydrogen) atoms. The van der Waals surface area contributed by atoms with Gasteiger partial charge < -0.3 is 4.74 Å². The van der Waals surface area contributed by atoms with E-state index in [2.05, 4.69) is 146 Å². The number of ether oxygens (including phenoxy) is 1. The monoisotopic (exact) mass is 497 g/mol. The lowest BCUT2D eigenvalue weighted by molar-refractivity contribution is 0.309. The van der Waals surface area contributed by atoms with Gasteiger partial charge in [-0.25, -0.2) is 4.99 Å². The van der Waals surface area contributed by atoms with Gasteiger partial charge in [0.1, 0.15) is 6.61 Å². The zero-order valence-corrected chi connectivity index (χ0v) is 21.4. The lowest BCUT2D eigenvalue weighted by Gasteiger charge is -2.22. The second-order valence-electron chi connectivity index (χ2n) is 9.14. The van der Waals surface area contributed by atoms with Gasteiger partial charge in [-0.2, -0.15) is 0 Å². The molecule has 0 aromatic heterocycles. The molecule has 0 unspecified atom stereocenters. The number of aliphatic imine (C=N–C) groups is 1. The fourth-order valence-corrected chi connectivity index (χ4v) is 7.54. The highest BCUT2D eigenvalue weighted by Gasteiger charge is 2.32. The van der Waals surface area contributed by atoms with Gasteiger partial charge in [-0.3, -0.25) is 0 Å². The van der Waals surface area contributed by atoms with E-state index in [0.29, 0.717) is 6.61 Å². The molecule has 1 aliphatic heterocycles. The molecule has 5 aromatic rings. The molecule has 0 amide bonds. The first kappa shape index (κ1) is 23.4. The van der Waals surface area contributed by atoms with E-state index in [-0.39, 0.29) is 12.0 Å². The lowest BCUT2D eigenvalue weighted by Crippen LogP contribution is -2.25. The van der Waals surface area contributed by atoms with Crippen molar-refractivity contribution in [2.45, 2.75) is 12.0 Å². The van der Waals surface area contributed by atoms with Gasteiger partial charge in [-0.1, -0.05) is 140 Å². The van der Waals surface area contributed by atoms with Gasteiger partial charge >= 0.3 is 0 Å². The van der Waals surface area contributed by atoms with Crippen LogP contribution in [0, 0.1) is 0 Å². The van der Waals surface area contributed by atoms with Crippen molar-refractivity contribution in [3.05, 3.63) is 162 Å². The normalized spacial score (nSPS) is 15.0. The summed E-state index contributed by atoms with van der Waals surface area (Å²) in [5.41, 5.74) is 3.61. The van der Waals surface area contributed by atoms with Gasteiger partial charge in [-0.05, 0) is 41.0 Å². The quantitative estimate of drug-likeness (QED) is 0.238. The van der Waals surface area contributed by atoms with E-state index < -0.39 is 7.92 Å². The van der Waals surface area contributed by atoms with Crippen LogP contribution in [0.2, 0.25) is 0 Å². The van der Waals surface area contributed by atoms with Gasteiger partial charge in [0.25, 0.3) is 0 Å². The molecule has 5 aromatic carbocycles. The van der Waals surface area contributed by atoms with E-state index >= 15 is 0 Å². The topological polar surface area (TPSA) is 21.6 Å². The van der Waals surface area contributed by atoms with E-state index in [1.165, 1.54) is 27.0 Å². The van der Waals surface area contributed by atoms with Crippen molar-refractivity contribution in [3.63, 3.8) is 0 Å². The van der Waals surface area contributed by atoms with Crippen molar-refractivity contribution in [2.24, 2.45) is 4.99 Å². The number of hydrogen-bond donors (Lipinski definition) is 0. The molecule has 0 saturated carbocycles. The highest BCUT2D eigenvalue weighted by molar-refractivity contribution is 7.80. The number of hydrogen-bond acceptors (Lipinski definition) is 2. The van der Waals surface area contributed by atoms with E-state index in [4.69, 9.17) is 9.73 Å². The minimum Gasteiger partial charge on any atom is -0.475 e. The first-order chi connectivity index (χ1) is 18.4. The summed E-state index contributed by atoms with van der Waals surface area (Å²) in [6, 6.07) is 51.6. The average molecular weight is 498 g/mol. The lowest BCUT2D eigenvalue weighted by atomic mass is 9.86. The maximum absolute atomic E-state index is 6.40. The Labute approximate surface area is 220 Å². The number of rotatable bonds is 7. The van der Waals surface area contributed by atoms with Crippen LogP contribution in [0.5, 0.6) is 0 Å². The highest BCUT2D eigenvalue weighted by Crippen LogP contribution is 2.36. The smallest absolute Gasteiger partial charge is 0.217 e. The van der Waals surface area contributed by atoms with Gasteiger partial charge in [0.15, 0.2) is 0 Å². The fraction of sp³-hybridized carbons (Fsp3) is 0.0882. The SMILES string of the molecule is c1ccc(C(c2ccccc2)[C@H]2COC(c3ccccc3P(c3ccccc3)c3ccccc3)=N2)cc1. The first-order valence-corrected chi connectivity index (χ1v) is 14.0. The first-order valence-electron chi connectivity index (χ1n) is 12.7. The second-order valence-corrected chi connectivity index (χ2v) is 11.3. The molecule has 2 nitrogen and oxygen atoms in total. The molecule has 0 N–H and O–H groups in total. The summed E-state index contributed by atoms with van der Waals surface area (Å²) >= 11 is 0. The van der Waals surface area contributed by atoms with Gasteiger partial charge in [-0.15, -0.1) is 0 Å². The third-order valence-corrected chi connectivity index (χ3v) is 9.28. The van der Waals surface area contributed by atoms with Crippen molar-refractivity contribution in [1.82, 2.24) is 0 Å². The van der Waals surface area contributed by atoms with Crippen LogP contribution in [0.4, 0.5) is 0 Å². The van der Waals surface area contributed by atoms with Crippen molar-refractivity contribution >= 4 is 29.7 Å². The largest absolute Gasteiger partial charge is 0.475 e. The second kappa shape index (κ2) is 10.9. The average Bonchev–Trinajstić information content (AvgIpc) is 3.45. The summed E-state index contributed by atoms with van der Waals surface area (Å²) in [6.45, 7) is 0.562. The third kappa shape index (κ3) is 4.99. The van der Waals surface area contributed by atoms with Crippen LogP contribution in [-0.4, -0.2) is 18.5 Å². The van der Waals surface area contributed by atoms with Gasteiger partial charge in [0, 0.05) is 11.5 Å². The zero-order chi connectivity index (χ0) is 24.9. The molecule has 0 saturated heterocycles. The van der Waals surface area contributed by atoms with Crippen molar-refractivity contribution in [2.75, 3.05) is 6.61 Å². The van der Waals surface area contributed by atoms with Crippen LogP contribution in [0.15, 0.2) is 151 Å². The summed E-state index contributed by atoms with van der Waals surface area (Å²) in [7, 11) is -0.761. The van der Waals surface area contributed by atoms with E-state index in [1.807, 2.05) is 0 Å². The highest BCUT2D eigenvalue weighted by atomic mass is 31.1. The van der Waals surface area contributed by atoms with Gasteiger partial charge in [0.2, 0.25) is 5.90 Å². The number of benzene rings is 5. The predicted molar refractivity (Wildman–Crippen MR) is 156 cm³/mol. The van der Waals surface area contributed by atoms with Crippen molar-refractivity contribution in [3.8, 4) is 0 Å². The standard InChI is InChI=1S/C34H28NOP/c1-5-15-26(16-6-1)33(27-17-7-2-8-18-27)31-25-36-34(35-31)30-23-13-14-24-32(30)37(28-19-9-3-10-20-28)29-21-11-4-12-22-29/h1-24,31,33H,25H2/t31-/m1/s1. The molecule has 1 aliphatic rings. The summed E-state index contributed by atoms with van der Waals surface area (Å²) in [6.07, 6.45) is 0. The Bertz CT molecular complexity index is 1390. The van der Waals surface area contributed by atoms with Crippen LogP contribution in [-0.2, 0) is 4.74 Å². The molecular weight excluding hydrogens is 469 g/mol. The summed E-state index contributed by atoms with van der Waals surface area (Å²) in [4.78, 5) is 5.25. The van der Waals surface area contributed by atoms with Crippen LogP contribution in [0.25, 0.3) is 0 Å². The molecule has 1 heterocycles. The summed E-state index contributed by atoms with van der Waals surface area (Å²) < 4.78 is 6.40.